The normalized spacial score (nSPS) is 10.6. The van der Waals surface area contributed by atoms with Gasteiger partial charge in [-0.2, -0.15) is 0 Å². The monoisotopic (exact) mass is 300 g/mol. The minimum absolute atomic E-state index is 0.430. The molecule has 0 saturated heterocycles. The molecule has 0 bridgehead atoms. The highest BCUT2D eigenvalue weighted by molar-refractivity contribution is 9.10. The first kappa shape index (κ1) is 13.5. The summed E-state index contributed by atoms with van der Waals surface area (Å²) >= 11 is 8.53. The number of nitrogens with two attached hydrogens (primary N) is 1. The van der Waals surface area contributed by atoms with E-state index in [1.165, 1.54) is 0 Å². The number of halogens is 1. The zero-order valence-corrected chi connectivity index (χ0v) is 12.2. The summed E-state index contributed by atoms with van der Waals surface area (Å²) in [6.45, 7) is 7.39. The molecule has 0 unspecified atom stereocenters. The summed E-state index contributed by atoms with van der Waals surface area (Å²) in [6, 6.07) is 6.48. The van der Waals surface area contributed by atoms with E-state index < -0.39 is 0 Å². The summed E-state index contributed by atoms with van der Waals surface area (Å²) in [5.74, 6) is 0. The molecule has 1 aromatic carbocycles. The molecule has 0 amide bonds. The molecule has 88 valence electrons. The summed E-state index contributed by atoms with van der Waals surface area (Å²) in [7, 11) is 0. The van der Waals surface area contributed by atoms with E-state index in [1.807, 2.05) is 12.1 Å². The number of hydrogen-bond donors (Lipinski definition) is 1. The van der Waals surface area contributed by atoms with Crippen LogP contribution in [0.1, 0.15) is 26.3 Å². The topological polar surface area (TPSA) is 29.3 Å². The zero-order chi connectivity index (χ0) is 12.3. The van der Waals surface area contributed by atoms with Crippen molar-refractivity contribution >= 4 is 38.8 Å². The molecule has 2 N–H and O–H groups in total. The molecule has 0 fully saturated rings. The second-order valence-electron chi connectivity index (χ2n) is 3.91. The summed E-state index contributed by atoms with van der Waals surface area (Å²) in [4.78, 5) is 2.72. The smallest absolute Gasteiger partial charge is 0.106 e. The van der Waals surface area contributed by atoms with Gasteiger partial charge in [-0.25, -0.2) is 0 Å². The van der Waals surface area contributed by atoms with Crippen LogP contribution in [0.15, 0.2) is 22.7 Å². The van der Waals surface area contributed by atoms with Gasteiger partial charge in [-0.1, -0.05) is 28.1 Å². The lowest BCUT2D eigenvalue weighted by atomic mass is 10.1. The van der Waals surface area contributed by atoms with Crippen LogP contribution in [-0.4, -0.2) is 17.6 Å². The number of benzene rings is 1. The van der Waals surface area contributed by atoms with Gasteiger partial charge in [0.2, 0.25) is 0 Å². The fraction of sp³-hybridized carbons (Fsp3) is 0.417. The molecule has 0 aliphatic carbocycles. The predicted octanol–water partition coefficient (Wildman–Crippen LogP) is 3.32. The molecular formula is C12H17BrN2S. The van der Waals surface area contributed by atoms with Crippen molar-refractivity contribution in [1.82, 2.24) is 0 Å². The Hall–Kier alpha value is -0.610. The first-order valence-electron chi connectivity index (χ1n) is 5.33. The zero-order valence-electron chi connectivity index (χ0n) is 9.83. The van der Waals surface area contributed by atoms with Crippen molar-refractivity contribution in [2.45, 2.75) is 26.8 Å². The molecule has 16 heavy (non-hydrogen) atoms. The highest BCUT2D eigenvalue weighted by Gasteiger charge is 2.14. The van der Waals surface area contributed by atoms with E-state index in [-0.39, 0.29) is 0 Å². The molecule has 0 atom stereocenters. The van der Waals surface area contributed by atoms with Crippen molar-refractivity contribution in [3.63, 3.8) is 0 Å². The van der Waals surface area contributed by atoms with Gasteiger partial charge in [0.25, 0.3) is 0 Å². The molecule has 0 radical (unpaired) electrons. The molecule has 0 saturated carbocycles. The minimum atomic E-state index is 0.430. The van der Waals surface area contributed by atoms with Gasteiger partial charge in [-0.05, 0) is 39.0 Å². The van der Waals surface area contributed by atoms with Crippen molar-refractivity contribution in [2.24, 2.45) is 5.73 Å². The lowest BCUT2D eigenvalue weighted by molar-refractivity contribution is 0.703. The quantitative estimate of drug-likeness (QED) is 0.865. The van der Waals surface area contributed by atoms with E-state index in [2.05, 4.69) is 47.7 Å². The van der Waals surface area contributed by atoms with Crippen molar-refractivity contribution in [3.8, 4) is 0 Å². The first-order chi connectivity index (χ1) is 7.47. The number of rotatable bonds is 4. The van der Waals surface area contributed by atoms with E-state index in [0.29, 0.717) is 11.0 Å². The number of thiocarbonyl (C=S) groups is 1. The van der Waals surface area contributed by atoms with Gasteiger partial charge in [0, 0.05) is 28.3 Å². The van der Waals surface area contributed by atoms with Crippen molar-refractivity contribution in [3.05, 3.63) is 28.2 Å². The average Bonchev–Trinajstić information content (AvgIpc) is 2.20. The van der Waals surface area contributed by atoms with Crippen LogP contribution in [0.2, 0.25) is 0 Å². The maximum Gasteiger partial charge on any atom is 0.106 e. The Labute approximate surface area is 111 Å². The second kappa shape index (κ2) is 5.64. The summed E-state index contributed by atoms with van der Waals surface area (Å²) in [5, 5.41) is 0. The Kier molecular flexibility index (Phi) is 4.74. The van der Waals surface area contributed by atoms with Crippen LogP contribution < -0.4 is 10.6 Å². The van der Waals surface area contributed by atoms with E-state index in [4.69, 9.17) is 18.0 Å². The largest absolute Gasteiger partial charge is 0.389 e. The molecule has 2 nitrogen and oxygen atoms in total. The summed E-state index contributed by atoms with van der Waals surface area (Å²) < 4.78 is 0.999. The highest BCUT2D eigenvalue weighted by atomic mass is 79.9. The molecule has 0 aliphatic rings. The van der Waals surface area contributed by atoms with Crippen LogP contribution >= 0.6 is 28.1 Å². The maximum absolute atomic E-state index is 5.76. The lowest BCUT2D eigenvalue weighted by Crippen LogP contribution is -2.32. The molecule has 4 heteroatoms. The molecule has 1 aromatic rings. The molecule has 0 spiro atoms. The Morgan fingerprint density at radius 3 is 2.56 bits per heavy atom. The maximum atomic E-state index is 5.76. The van der Waals surface area contributed by atoms with Crippen molar-refractivity contribution < 1.29 is 0 Å². The minimum Gasteiger partial charge on any atom is -0.389 e. The third-order valence-electron chi connectivity index (χ3n) is 2.50. The lowest BCUT2D eigenvalue weighted by Gasteiger charge is -2.29. The van der Waals surface area contributed by atoms with Crippen LogP contribution in [-0.2, 0) is 0 Å². The van der Waals surface area contributed by atoms with Gasteiger partial charge in [0.15, 0.2) is 0 Å². The van der Waals surface area contributed by atoms with Crippen LogP contribution in [0, 0.1) is 0 Å². The van der Waals surface area contributed by atoms with Crippen LogP contribution in [0.4, 0.5) is 5.69 Å². The van der Waals surface area contributed by atoms with Gasteiger partial charge in [0.1, 0.15) is 4.99 Å². The van der Waals surface area contributed by atoms with Gasteiger partial charge in [-0.3, -0.25) is 0 Å². The predicted molar refractivity (Wildman–Crippen MR) is 78.2 cm³/mol. The van der Waals surface area contributed by atoms with Crippen LogP contribution in [0.25, 0.3) is 0 Å². The third kappa shape index (κ3) is 2.95. The Balaban J connectivity index is 3.26. The Morgan fingerprint density at radius 2 is 2.12 bits per heavy atom. The molecule has 0 aliphatic heterocycles. The standard InChI is InChI=1S/C12H17BrN2S/c1-4-15(8(2)3)11-6-5-9(13)7-10(11)12(14)16/h5-8H,4H2,1-3H3,(H2,14,16). The van der Waals surface area contributed by atoms with E-state index in [1.54, 1.807) is 0 Å². The fourth-order valence-electron chi connectivity index (χ4n) is 1.77. The summed E-state index contributed by atoms with van der Waals surface area (Å²) in [5.41, 5.74) is 7.80. The second-order valence-corrected chi connectivity index (χ2v) is 5.26. The van der Waals surface area contributed by atoms with Gasteiger partial charge >= 0.3 is 0 Å². The first-order valence-corrected chi connectivity index (χ1v) is 6.53. The van der Waals surface area contributed by atoms with E-state index in [0.717, 1.165) is 22.3 Å². The average molecular weight is 301 g/mol. The highest BCUT2D eigenvalue weighted by Crippen LogP contribution is 2.26. The SMILES string of the molecule is CCN(c1ccc(Br)cc1C(N)=S)C(C)C. The number of nitrogens with zero attached hydrogens (tertiary/aromatic N) is 1. The Bertz CT molecular complexity index is 391. The van der Waals surface area contributed by atoms with Crippen molar-refractivity contribution in [2.75, 3.05) is 11.4 Å². The Morgan fingerprint density at radius 1 is 1.50 bits per heavy atom. The molecule has 0 aromatic heterocycles. The third-order valence-corrected chi connectivity index (χ3v) is 3.21. The van der Waals surface area contributed by atoms with Gasteiger partial charge < -0.3 is 10.6 Å². The van der Waals surface area contributed by atoms with E-state index >= 15 is 0 Å². The molecular weight excluding hydrogens is 284 g/mol. The molecule has 0 heterocycles. The fourth-order valence-corrected chi connectivity index (χ4v) is 2.29. The number of anilines is 1. The molecule has 1 rings (SSSR count). The number of hydrogen-bond acceptors (Lipinski definition) is 2. The van der Waals surface area contributed by atoms with E-state index in [9.17, 15) is 0 Å². The van der Waals surface area contributed by atoms with Crippen LogP contribution in [0.5, 0.6) is 0 Å². The van der Waals surface area contributed by atoms with Gasteiger partial charge in [-0.15, -0.1) is 0 Å². The van der Waals surface area contributed by atoms with Gasteiger partial charge in [0.05, 0.1) is 0 Å². The van der Waals surface area contributed by atoms with Crippen LogP contribution in [0.3, 0.4) is 0 Å². The summed E-state index contributed by atoms with van der Waals surface area (Å²) in [6.07, 6.45) is 0. The van der Waals surface area contributed by atoms with Crippen molar-refractivity contribution in [1.29, 1.82) is 0 Å².